The first-order valence-electron chi connectivity index (χ1n) is 10.0. The van der Waals surface area contributed by atoms with E-state index in [2.05, 4.69) is 11.4 Å². The fraction of sp³-hybridized carbons (Fsp3) is 0.364. The van der Waals surface area contributed by atoms with Crippen LogP contribution in [0.2, 0.25) is 0 Å². The summed E-state index contributed by atoms with van der Waals surface area (Å²) in [6, 6.07) is 11.6. The van der Waals surface area contributed by atoms with Gasteiger partial charge in [0.2, 0.25) is 6.86 Å². The molecule has 0 fully saturated rings. The third-order valence-corrected chi connectivity index (χ3v) is 5.04. The van der Waals surface area contributed by atoms with E-state index in [1.165, 1.54) is 24.3 Å². The van der Waals surface area contributed by atoms with Gasteiger partial charge in [-0.25, -0.2) is 4.39 Å². The zero-order chi connectivity index (χ0) is 22.4. The number of rotatable bonds is 9. The van der Waals surface area contributed by atoms with Gasteiger partial charge in [-0.1, -0.05) is 19.4 Å². The van der Waals surface area contributed by atoms with Crippen molar-refractivity contribution >= 4 is 18.5 Å². The average Bonchev–Trinajstić information content (AvgIpc) is 3.15. The van der Waals surface area contributed by atoms with Gasteiger partial charge in [-0.05, 0) is 60.3 Å². The van der Waals surface area contributed by atoms with E-state index in [4.69, 9.17) is 14.1 Å². The third-order valence-electron chi connectivity index (χ3n) is 5.04. The van der Waals surface area contributed by atoms with Crippen LogP contribution in [0, 0.1) is 11.3 Å². The number of nitriles is 1. The Labute approximate surface area is 180 Å². The maximum atomic E-state index is 12.6. The van der Waals surface area contributed by atoms with Gasteiger partial charge >= 0.3 is 7.12 Å². The maximum Gasteiger partial charge on any atom is 0.492 e. The number of amides is 1. The Hall–Kier alpha value is -3.09. The zero-order valence-corrected chi connectivity index (χ0v) is 17.5. The van der Waals surface area contributed by atoms with Crippen molar-refractivity contribution in [2.45, 2.75) is 38.8 Å². The number of hydrogen-bond donors (Lipinski definition) is 2. The van der Waals surface area contributed by atoms with Gasteiger partial charge in [0.1, 0.15) is 18.1 Å². The topological polar surface area (TPSA) is 101 Å². The van der Waals surface area contributed by atoms with E-state index in [9.17, 15) is 19.5 Å². The van der Waals surface area contributed by atoms with Crippen LogP contribution in [0.5, 0.6) is 11.5 Å². The van der Waals surface area contributed by atoms with Gasteiger partial charge in [-0.15, -0.1) is 0 Å². The van der Waals surface area contributed by atoms with Crippen molar-refractivity contribution < 1.29 is 28.3 Å². The van der Waals surface area contributed by atoms with Crippen molar-refractivity contribution in [3.63, 3.8) is 0 Å². The predicted molar refractivity (Wildman–Crippen MR) is 113 cm³/mol. The van der Waals surface area contributed by atoms with Crippen molar-refractivity contribution in [1.29, 1.82) is 5.26 Å². The van der Waals surface area contributed by atoms with Crippen LogP contribution in [0.1, 0.15) is 41.8 Å². The SMILES string of the molecule is CCCc1c(OCC(C)(C#N)NC(=O)c2ccc(OCF)cc2)ccc2c1B(O)OC2. The molecule has 2 N–H and O–H groups in total. The summed E-state index contributed by atoms with van der Waals surface area (Å²) in [6.45, 7) is 2.88. The van der Waals surface area contributed by atoms with Crippen LogP contribution in [-0.4, -0.2) is 37.1 Å². The Balaban J connectivity index is 1.73. The molecule has 7 nitrogen and oxygen atoms in total. The first-order chi connectivity index (χ1) is 14.9. The van der Waals surface area contributed by atoms with E-state index in [1.807, 2.05) is 13.0 Å². The van der Waals surface area contributed by atoms with E-state index in [1.54, 1.807) is 13.0 Å². The van der Waals surface area contributed by atoms with Crippen LogP contribution >= 0.6 is 0 Å². The van der Waals surface area contributed by atoms with Gasteiger partial charge < -0.3 is 24.5 Å². The van der Waals surface area contributed by atoms with Crippen LogP contribution in [0.4, 0.5) is 4.39 Å². The van der Waals surface area contributed by atoms with E-state index in [-0.39, 0.29) is 6.61 Å². The summed E-state index contributed by atoms with van der Waals surface area (Å²) in [6.07, 6.45) is 1.52. The molecule has 3 rings (SSSR count). The molecule has 0 saturated carbocycles. The normalized spacial score (nSPS) is 14.4. The van der Waals surface area contributed by atoms with Crippen LogP contribution < -0.4 is 20.3 Å². The molecule has 162 valence electrons. The summed E-state index contributed by atoms with van der Waals surface area (Å²) >= 11 is 0. The summed E-state index contributed by atoms with van der Waals surface area (Å²) in [7, 11) is -0.994. The van der Waals surface area contributed by atoms with Crippen LogP contribution in [0.3, 0.4) is 0 Å². The lowest BCUT2D eigenvalue weighted by Gasteiger charge is -2.25. The lowest BCUT2D eigenvalue weighted by atomic mass is 9.75. The van der Waals surface area contributed by atoms with Crippen molar-refractivity contribution in [2.24, 2.45) is 0 Å². The highest BCUT2D eigenvalue weighted by molar-refractivity contribution is 6.62. The smallest absolute Gasteiger partial charge is 0.490 e. The molecular weight excluding hydrogens is 402 g/mol. The monoisotopic (exact) mass is 426 g/mol. The summed E-state index contributed by atoms with van der Waals surface area (Å²) in [5, 5.41) is 22.5. The number of alkyl halides is 1. The highest BCUT2D eigenvalue weighted by Crippen LogP contribution is 2.25. The Morgan fingerprint density at radius 1 is 1.32 bits per heavy atom. The Bertz CT molecular complexity index is 979. The van der Waals surface area contributed by atoms with Gasteiger partial charge in [0.05, 0.1) is 12.7 Å². The molecule has 0 aromatic heterocycles. The van der Waals surface area contributed by atoms with Crippen molar-refractivity contribution in [3.8, 4) is 17.6 Å². The Morgan fingerprint density at radius 2 is 2.06 bits per heavy atom. The van der Waals surface area contributed by atoms with E-state index in [0.29, 0.717) is 30.1 Å². The predicted octanol–water partition coefficient (Wildman–Crippen LogP) is 2.25. The summed E-state index contributed by atoms with van der Waals surface area (Å²) in [4.78, 5) is 12.6. The Morgan fingerprint density at radius 3 is 2.71 bits per heavy atom. The summed E-state index contributed by atoms with van der Waals surface area (Å²) in [5.74, 6) is 0.385. The van der Waals surface area contributed by atoms with Crippen molar-refractivity contribution in [1.82, 2.24) is 5.32 Å². The fourth-order valence-corrected chi connectivity index (χ4v) is 3.43. The van der Waals surface area contributed by atoms with Crippen LogP contribution in [0.25, 0.3) is 0 Å². The molecule has 1 unspecified atom stereocenters. The largest absolute Gasteiger partial charge is 0.492 e. The molecular formula is C22H24BFN2O5. The van der Waals surface area contributed by atoms with Crippen LogP contribution in [0.15, 0.2) is 36.4 Å². The summed E-state index contributed by atoms with van der Waals surface area (Å²) in [5.41, 5.74) is 1.48. The molecule has 1 atom stereocenters. The molecule has 1 aliphatic rings. The molecule has 2 aromatic carbocycles. The minimum Gasteiger partial charge on any atom is -0.490 e. The molecule has 0 spiro atoms. The van der Waals surface area contributed by atoms with Gasteiger partial charge in [0, 0.05) is 5.56 Å². The van der Waals surface area contributed by atoms with Gasteiger partial charge in [0.25, 0.3) is 5.91 Å². The summed E-state index contributed by atoms with van der Waals surface area (Å²) < 4.78 is 28.2. The van der Waals surface area contributed by atoms with Gasteiger partial charge in [0.15, 0.2) is 5.54 Å². The molecule has 2 aromatic rings. The quantitative estimate of drug-likeness (QED) is 0.597. The average molecular weight is 426 g/mol. The lowest BCUT2D eigenvalue weighted by molar-refractivity contribution is 0.0901. The molecule has 0 radical (unpaired) electrons. The molecule has 1 heterocycles. The minimum absolute atomic E-state index is 0.0925. The number of fused-ring (bicyclic) bond motifs is 1. The van der Waals surface area contributed by atoms with E-state index < -0.39 is 25.4 Å². The molecule has 1 aliphatic heterocycles. The van der Waals surface area contributed by atoms with E-state index in [0.717, 1.165) is 23.0 Å². The molecule has 9 heteroatoms. The highest BCUT2D eigenvalue weighted by Gasteiger charge is 2.33. The third kappa shape index (κ3) is 5.16. The Kier molecular flexibility index (Phi) is 7.15. The zero-order valence-electron chi connectivity index (χ0n) is 17.5. The molecule has 0 bridgehead atoms. The number of nitrogens with zero attached hydrogens (tertiary/aromatic N) is 1. The highest BCUT2D eigenvalue weighted by atomic mass is 19.1. The standard InChI is InChI=1S/C22H24BFN2O5/c1-3-4-18-19(10-7-16-11-31-23(28)20(16)18)29-13-22(2,12-25)26-21(27)15-5-8-17(9-6-15)30-14-24/h5-10,28H,3-4,11,13-14H2,1-2H3,(H,26,27). The fourth-order valence-electron chi connectivity index (χ4n) is 3.43. The lowest BCUT2D eigenvalue weighted by Crippen LogP contribution is -2.49. The second-order valence-electron chi connectivity index (χ2n) is 7.49. The number of hydrogen-bond acceptors (Lipinski definition) is 6. The molecule has 1 amide bonds. The maximum absolute atomic E-state index is 12.6. The van der Waals surface area contributed by atoms with Crippen molar-refractivity contribution in [2.75, 3.05) is 13.5 Å². The first-order valence-corrected chi connectivity index (χ1v) is 10.0. The number of carbonyl (C=O) groups excluding carboxylic acids is 1. The minimum atomic E-state index is -1.30. The number of carbonyl (C=O) groups is 1. The number of benzene rings is 2. The number of halogens is 1. The second kappa shape index (κ2) is 9.81. The first kappa shape index (κ1) is 22.6. The van der Waals surface area contributed by atoms with Crippen LogP contribution in [-0.2, 0) is 17.7 Å². The van der Waals surface area contributed by atoms with Gasteiger partial charge in [-0.2, -0.15) is 5.26 Å². The van der Waals surface area contributed by atoms with Crippen molar-refractivity contribution in [3.05, 3.63) is 53.1 Å². The number of ether oxygens (including phenoxy) is 2. The second-order valence-corrected chi connectivity index (χ2v) is 7.49. The molecule has 0 saturated heterocycles. The molecule has 31 heavy (non-hydrogen) atoms. The number of nitrogens with one attached hydrogen (secondary N) is 1. The van der Waals surface area contributed by atoms with E-state index >= 15 is 0 Å². The molecule has 0 aliphatic carbocycles. The van der Waals surface area contributed by atoms with Gasteiger partial charge in [-0.3, -0.25) is 4.79 Å².